The average molecular weight is 296 g/mol. The summed E-state index contributed by atoms with van der Waals surface area (Å²) in [4.78, 5) is 1.61. The molecule has 2 fully saturated rings. The average Bonchev–Trinajstić information content (AvgIpc) is 2.94. The largest absolute Gasteiger partial charge is 0.498 e. The number of aliphatic hydroxyl groups excluding tert-OH is 1. The van der Waals surface area contributed by atoms with E-state index in [-0.39, 0.29) is 5.05 Å². The Balaban J connectivity index is 1.99. The van der Waals surface area contributed by atoms with Gasteiger partial charge in [-0.1, -0.05) is 12.5 Å². The van der Waals surface area contributed by atoms with Crippen LogP contribution in [0.5, 0.6) is 0 Å². The highest BCUT2D eigenvalue weighted by Gasteiger charge is 2.40. The highest BCUT2D eigenvalue weighted by atomic mass is 32.1. The monoisotopic (exact) mass is 296 g/mol. The van der Waals surface area contributed by atoms with Crippen LogP contribution in [-0.2, 0) is 0 Å². The third-order valence-electron chi connectivity index (χ3n) is 4.55. The molecule has 0 spiro atoms. The van der Waals surface area contributed by atoms with Crippen LogP contribution in [0.1, 0.15) is 42.7 Å². The number of thiocarbonyl (C=S) groups is 1. The number of thiol groups is 2. The first-order chi connectivity index (χ1) is 8.58. The van der Waals surface area contributed by atoms with E-state index in [2.05, 4.69) is 31.3 Å². The Hall–Kier alpha value is -0.190. The van der Waals surface area contributed by atoms with E-state index in [4.69, 9.17) is 12.2 Å². The Bertz CT molecular complexity index is 512. The minimum atomic E-state index is -0.102. The van der Waals surface area contributed by atoms with Crippen molar-refractivity contribution >= 4 is 42.5 Å². The molecule has 0 radical (unpaired) electrons. The molecule has 3 rings (SSSR count). The van der Waals surface area contributed by atoms with Gasteiger partial charge in [0, 0.05) is 15.4 Å². The summed E-state index contributed by atoms with van der Waals surface area (Å²) in [6.45, 7) is 0. The van der Waals surface area contributed by atoms with Crippen molar-refractivity contribution in [3.63, 3.8) is 0 Å². The van der Waals surface area contributed by atoms with Gasteiger partial charge in [0.15, 0.2) is 5.05 Å². The second kappa shape index (κ2) is 4.73. The predicted molar refractivity (Wildman–Crippen MR) is 83.5 cm³/mol. The lowest BCUT2D eigenvalue weighted by Gasteiger charge is -2.24. The molecule has 1 nitrogen and oxygen atoms in total. The molecule has 4 heteroatoms. The van der Waals surface area contributed by atoms with Gasteiger partial charge in [-0.25, -0.2) is 0 Å². The van der Waals surface area contributed by atoms with Gasteiger partial charge in [-0.2, -0.15) is 0 Å². The lowest BCUT2D eigenvalue weighted by molar-refractivity contribution is 0.415. The van der Waals surface area contributed by atoms with Crippen LogP contribution in [-0.4, -0.2) is 10.2 Å². The molecular formula is C14H16OS3. The predicted octanol–water partition coefficient (Wildman–Crippen LogP) is 4.40. The topological polar surface area (TPSA) is 20.2 Å². The number of hydrogen-bond acceptors (Lipinski definition) is 3. The number of benzene rings is 1. The standard InChI is InChI=1S/C14H16OS3/c15-14(18)10-4-3-9(12(16)13(10)17)11-6-7-1-2-8(11)5-7/h3-4,7-8,11,16-17H,1-2,5-6H2,(H,15,18). The van der Waals surface area contributed by atoms with Gasteiger partial charge >= 0.3 is 0 Å². The smallest absolute Gasteiger partial charge is 0.189 e. The van der Waals surface area contributed by atoms with Crippen molar-refractivity contribution in [1.82, 2.24) is 0 Å². The zero-order valence-corrected chi connectivity index (χ0v) is 12.6. The summed E-state index contributed by atoms with van der Waals surface area (Å²) >= 11 is 13.9. The van der Waals surface area contributed by atoms with Crippen molar-refractivity contribution in [2.75, 3.05) is 0 Å². The highest BCUT2D eigenvalue weighted by molar-refractivity contribution is 7.84. The summed E-state index contributed by atoms with van der Waals surface area (Å²) in [6.07, 6.45) is 5.41. The molecule has 2 aliphatic carbocycles. The van der Waals surface area contributed by atoms with E-state index in [1.165, 1.54) is 31.2 Å². The van der Waals surface area contributed by atoms with Gasteiger partial charge in [0.2, 0.25) is 0 Å². The maximum atomic E-state index is 9.44. The van der Waals surface area contributed by atoms with Crippen molar-refractivity contribution in [2.45, 2.75) is 41.4 Å². The molecule has 0 amide bonds. The fraction of sp³-hybridized carbons (Fsp3) is 0.500. The molecule has 1 aromatic rings. The van der Waals surface area contributed by atoms with Crippen molar-refractivity contribution in [1.29, 1.82) is 0 Å². The summed E-state index contributed by atoms with van der Waals surface area (Å²) in [6, 6.07) is 3.96. The summed E-state index contributed by atoms with van der Waals surface area (Å²) < 4.78 is 0. The number of aliphatic hydroxyl groups is 1. The zero-order valence-electron chi connectivity index (χ0n) is 9.97. The first kappa shape index (κ1) is 12.8. The van der Waals surface area contributed by atoms with Crippen LogP contribution in [0.3, 0.4) is 0 Å². The number of rotatable bonds is 2. The van der Waals surface area contributed by atoms with E-state index in [9.17, 15) is 5.11 Å². The molecule has 0 aromatic heterocycles. The molecule has 3 unspecified atom stereocenters. The van der Waals surface area contributed by atoms with E-state index in [1.807, 2.05) is 6.07 Å². The zero-order chi connectivity index (χ0) is 12.9. The van der Waals surface area contributed by atoms with Crippen LogP contribution in [0.4, 0.5) is 0 Å². The SMILES string of the molecule is OC(=S)c1ccc(C2CC3CCC2C3)c(S)c1S. The van der Waals surface area contributed by atoms with Crippen molar-refractivity contribution < 1.29 is 5.11 Å². The molecule has 1 aromatic carbocycles. The minimum Gasteiger partial charge on any atom is -0.498 e. The van der Waals surface area contributed by atoms with Gasteiger partial charge in [0.25, 0.3) is 0 Å². The van der Waals surface area contributed by atoms with E-state index in [0.717, 1.165) is 16.7 Å². The van der Waals surface area contributed by atoms with Crippen molar-refractivity contribution in [3.05, 3.63) is 23.3 Å². The van der Waals surface area contributed by atoms with Gasteiger partial charge in [-0.3, -0.25) is 0 Å². The molecule has 3 atom stereocenters. The fourth-order valence-corrected chi connectivity index (χ4v) is 4.61. The fourth-order valence-electron chi connectivity index (χ4n) is 3.69. The Morgan fingerprint density at radius 3 is 2.50 bits per heavy atom. The molecule has 0 aliphatic heterocycles. The van der Waals surface area contributed by atoms with Gasteiger partial charge in [0.1, 0.15) is 0 Å². The van der Waals surface area contributed by atoms with Crippen LogP contribution >= 0.6 is 37.5 Å². The minimum absolute atomic E-state index is 0.102. The number of hydrogen-bond donors (Lipinski definition) is 3. The lowest BCUT2D eigenvalue weighted by Crippen LogP contribution is -2.10. The summed E-state index contributed by atoms with van der Waals surface area (Å²) in [5.41, 5.74) is 1.90. The normalized spacial score (nSPS) is 29.8. The Morgan fingerprint density at radius 1 is 1.17 bits per heavy atom. The van der Waals surface area contributed by atoms with Crippen LogP contribution in [0, 0.1) is 11.8 Å². The molecule has 0 saturated heterocycles. The number of fused-ring (bicyclic) bond motifs is 2. The third kappa shape index (κ3) is 1.98. The quantitative estimate of drug-likeness (QED) is 0.555. The van der Waals surface area contributed by atoms with E-state index in [0.29, 0.717) is 16.4 Å². The maximum Gasteiger partial charge on any atom is 0.189 e. The van der Waals surface area contributed by atoms with E-state index in [1.54, 1.807) is 0 Å². The van der Waals surface area contributed by atoms with Crippen LogP contribution in [0.2, 0.25) is 0 Å². The second-order valence-electron chi connectivity index (χ2n) is 5.49. The molecule has 2 saturated carbocycles. The summed E-state index contributed by atoms with van der Waals surface area (Å²) in [7, 11) is 0. The van der Waals surface area contributed by atoms with Gasteiger partial charge in [-0.15, -0.1) is 25.3 Å². The maximum absolute atomic E-state index is 9.44. The highest BCUT2D eigenvalue weighted by Crippen LogP contribution is 2.54. The van der Waals surface area contributed by atoms with Crippen LogP contribution in [0.15, 0.2) is 21.9 Å². The Morgan fingerprint density at radius 2 is 1.94 bits per heavy atom. The molecule has 2 aliphatic rings. The van der Waals surface area contributed by atoms with Crippen LogP contribution < -0.4 is 0 Å². The van der Waals surface area contributed by atoms with E-state index >= 15 is 0 Å². The Labute approximate surface area is 124 Å². The molecule has 96 valence electrons. The molecule has 0 heterocycles. The van der Waals surface area contributed by atoms with Gasteiger partial charge in [0.05, 0.1) is 0 Å². The Kier molecular flexibility index (Phi) is 3.37. The van der Waals surface area contributed by atoms with Crippen molar-refractivity contribution in [3.8, 4) is 0 Å². The molecule has 18 heavy (non-hydrogen) atoms. The van der Waals surface area contributed by atoms with Crippen molar-refractivity contribution in [2.24, 2.45) is 11.8 Å². The molecular weight excluding hydrogens is 280 g/mol. The van der Waals surface area contributed by atoms with Gasteiger partial charge < -0.3 is 5.11 Å². The first-order valence-corrected chi connectivity index (χ1v) is 7.66. The first-order valence-electron chi connectivity index (χ1n) is 6.36. The van der Waals surface area contributed by atoms with Crippen LogP contribution in [0.25, 0.3) is 0 Å². The summed E-state index contributed by atoms with van der Waals surface area (Å²) in [5, 5.41) is 9.34. The third-order valence-corrected chi connectivity index (χ3v) is 5.89. The summed E-state index contributed by atoms with van der Waals surface area (Å²) in [5.74, 6) is 2.36. The van der Waals surface area contributed by atoms with E-state index < -0.39 is 0 Å². The molecule has 1 N–H and O–H groups in total. The lowest BCUT2D eigenvalue weighted by atomic mass is 9.83. The second-order valence-corrected chi connectivity index (χ2v) is 6.77. The molecule has 2 bridgehead atoms. The van der Waals surface area contributed by atoms with Gasteiger partial charge in [-0.05, 0) is 60.9 Å².